The molecule has 0 unspecified atom stereocenters. The van der Waals surface area contributed by atoms with Crippen LogP contribution in [0.3, 0.4) is 0 Å². The molecule has 0 amide bonds. The highest BCUT2D eigenvalue weighted by Gasteiger charge is 2.13. The SMILES string of the molecule is COc1ccc(-n2cnnc2SCC(=O)c2ccc(Br)s2)cc1. The Bertz CT molecular complexity index is 814. The third kappa shape index (κ3) is 3.82. The molecule has 1 aromatic carbocycles. The largest absolute Gasteiger partial charge is 0.497 e. The highest BCUT2D eigenvalue weighted by molar-refractivity contribution is 9.11. The van der Waals surface area contributed by atoms with Crippen LogP contribution in [0.25, 0.3) is 5.69 Å². The van der Waals surface area contributed by atoms with E-state index in [0.717, 1.165) is 20.1 Å². The number of hydrogen-bond acceptors (Lipinski definition) is 6. The van der Waals surface area contributed by atoms with Crippen LogP contribution in [-0.4, -0.2) is 33.4 Å². The summed E-state index contributed by atoms with van der Waals surface area (Å²) in [6.45, 7) is 0. The summed E-state index contributed by atoms with van der Waals surface area (Å²) in [4.78, 5) is 12.9. The van der Waals surface area contributed by atoms with Gasteiger partial charge in [-0.15, -0.1) is 21.5 Å². The number of aromatic nitrogens is 3. The molecule has 0 aliphatic rings. The van der Waals surface area contributed by atoms with E-state index in [1.165, 1.54) is 23.1 Å². The Morgan fingerprint density at radius 1 is 1.30 bits per heavy atom. The molecule has 0 bridgehead atoms. The Hall–Kier alpha value is -1.64. The standard InChI is InChI=1S/C15H12BrN3O2S2/c1-21-11-4-2-10(3-5-11)19-9-17-18-15(19)22-8-12(20)13-6-7-14(16)23-13/h2-7,9H,8H2,1H3. The van der Waals surface area contributed by atoms with Crippen molar-refractivity contribution in [2.75, 3.05) is 12.9 Å². The maximum absolute atomic E-state index is 12.2. The highest BCUT2D eigenvalue weighted by Crippen LogP contribution is 2.26. The summed E-state index contributed by atoms with van der Waals surface area (Å²) in [5, 5.41) is 8.71. The lowest BCUT2D eigenvalue weighted by molar-refractivity contribution is 0.102. The average molecular weight is 410 g/mol. The van der Waals surface area contributed by atoms with Crippen molar-refractivity contribution >= 4 is 44.8 Å². The second kappa shape index (κ2) is 7.29. The molecule has 0 fully saturated rings. The van der Waals surface area contributed by atoms with Gasteiger partial charge in [-0.25, -0.2) is 0 Å². The molecule has 8 heteroatoms. The Morgan fingerprint density at radius 2 is 2.09 bits per heavy atom. The van der Waals surface area contributed by atoms with Gasteiger partial charge in [0, 0.05) is 5.69 Å². The number of rotatable bonds is 6. The first-order chi connectivity index (χ1) is 11.2. The summed E-state index contributed by atoms with van der Waals surface area (Å²) in [7, 11) is 1.63. The fraction of sp³-hybridized carbons (Fsp3) is 0.133. The topological polar surface area (TPSA) is 57.0 Å². The van der Waals surface area contributed by atoms with E-state index in [1.54, 1.807) is 13.4 Å². The predicted octanol–water partition coefficient (Wildman–Crippen LogP) is 4.07. The Balaban J connectivity index is 1.72. The van der Waals surface area contributed by atoms with Gasteiger partial charge < -0.3 is 4.74 Å². The monoisotopic (exact) mass is 409 g/mol. The zero-order valence-electron chi connectivity index (χ0n) is 12.1. The van der Waals surface area contributed by atoms with Crippen molar-refractivity contribution in [3.8, 4) is 11.4 Å². The number of Topliss-reactive ketones (excluding diaryl/α,β-unsaturated/α-hetero) is 1. The van der Waals surface area contributed by atoms with Gasteiger partial charge in [0.15, 0.2) is 10.9 Å². The van der Waals surface area contributed by atoms with Crippen LogP contribution in [0, 0.1) is 0 Å². The zero-order valence-corrected chi connectivity index (χ0v) is 15.3. The summed E-state index contributed by atoms with van der Waals surface area (Å²) in [5.74, 6) is 1.19. The quantitative estimate of drug-likeness (QED) is 0.453. The van der Waals surface area contributed by atoms with Gasteiger partial charge in [0.25, 0.3) is 0 Å². The molecule has 0 aliphatic carbocycles. The van der Waals surface area contributed by atoms with Gasteiger partial charge in [0.1, 0.15) is 12.1 Å². The van der Waals surface area contributed by atoms with Crippen molar-refractivity contribution in [2.24, 2.45) is 0 Å². The van der Waals surface area contributed by atoms with Crippen molar-refractivity contribution in [1.82, 2.24) is 14.8 Å². The molecule has 2 heterocycles. The first kappa shape index (κ1) is 16.2. The molecule has 0 spiro atoms. The second-order valence-corrected chi connectivity index (χ2v) is 7.90. The lowest BCUT2D eigenvalue weighted by Gasteiger charge is -2.06. The third-order valence-corrected chi connectivity index (χ3v) is 5.66. The van der Waals surface area contributed by atoms with Crippen molar-refractivity contribution < 1.29 is 9.53 Å². The van der Waals surface area contributed by atoms with Crippen LogP contribution in [0.5, 0.6) is 5.75 Å². The van der Waals surface area contributed by atoms with Gasteiger partial charge in [-0.2, -0.15) is 0 Å². The van der Waals surface area contributed by atoms with E-state index < -0.39 is 0 Å². The summed E-state index contributed by atoms with van der Waals surface area (Å²) in [6, 6.07) is 11.3. The minimum Gasteiger partial charge on any atom is -0.497 e. The number of nitrogens with zero attached hydrogens (tertiary/aromatic N) is 3. The van der Waals surface area contributed by atoms with Crippen molar-refractivity contribution in [1.29, 1.82) is 0 Å². The number of carbonyl (C=O) groups excluding carboxylic acids is 1. The van der Waals surface area contributed by atoms with E-state index in [0.29, 0.717) is 10.9 Å². The van der Waals surface area contributed by atoms with E-state index in [2.05, 4.69) is 26.1 Å². The van der Waals surface area contributed by atoms with Crippen LogP contribution < -0.4 is 4.74 Å². The Labute approximate surface area is 149 Å². The fourth-order valence-corrected chi connectivity index (χ4v) is 4.14. The first-order valence-electron chi connectivity index (χ1n) is 6.63. The van der Waals surface area contributed by atoms with E-state index in [-0.39, 0.29) is 5.78 Å². The highest BCUT2D eigenvalue weighted by atomic mass is 79.9. The van der Waals surface area contributed by atoms with Crippen molar-refractivity contribution in [3.63, 3.8) is 0 Å². The van der Waals surface area contributed by atoms with Crippen LogP contribution in [0.2, 0.25) is 0 Å². The number of halogens is 1. The number of thiophene rings is 1. The van der Waals surface area contributed by atoms with Crippen LogP contribution in [0.1, 0.15) is 9.67 Å². The summed E-state index contributed by atoms with van der Waals surface area (Å²) in [5.41, 5.74) is 0.921. The fourth-order valence-electron chi connectivity index (χ4n) is 1.91. The molecule has 0 aliphatic heterocycles. The van der Waals surface area contributed by atoms with Crippen molar-refractivity contribution in [3.05, 3.63) is 51.4 Å². The number of ether oxygens (including phenoxy) is 1. The molecule has 118 valence electrons. The summed E-state index contributed by atoms with van der Waals surface area (Å²) >= 11 is 6.17. The Kier molecular flexibility index (Phi) is 5.14. The third-order valence-electron chi connectivity index (χ3n) is 3.05. The molecule has 3 aromatic rings. The molecule has 5 nitrogen and oxygen atoms in total. The lowest BCUT2D eigenvalue weighted by Crippen LogP contribution is -2.02. The van der Waals surface area contributed by atoms with Gasteiger partial charge in [-0.3, -0.25) is 9.36 Å². The molecule has 0 N–H and O–H groups in total. The van der Waals surface area contributed by atoms with Crippen LogP contribution in [0.4, 0.5) is 0 Å². The number of benzene rings is 1. The maximum Gasteiger partial charge on any atom is 0.196 e. The smallest absolute Gasteiger partial charge is 0.196 e. The van der Waals surface area contributed by atoms with Gasteiger partial charge >= 0.3 is 0 Å². The molecule has 0 atom stereocenters. The van der Waals surface area contributed by atoms with E-state index in [4.69, 9.17) is 4.74 Å². The Morgan fingerprint density at radius 3 is 2.74 bits per heavy atom. The lowest BCUT2D eigenvalue weighted by atomic mass is 10.3. The molecule has 0 saturated heterocycles. The van der Waals surface area contributed by atoms with E-state index >= 15 is 0 Å². The number of ketones is 1. The van der Waals surface area contributed by atoms with E-state index in [1.807, 2.05) is 41.0 Å². The van der Waals surface area contributed by atoms with Gasteiger partial charge in [-0.05, 0) is 52.3 Å². The van der Waals surface area contributed by atoms with Crippen LogP contribution in [-0.2, 0) is 0 Å². The van der Waals surface area contributed by atoms with Crippen LogP contribution >= 0.6 is 39.0 Å². The molecule has 0 saturated carbocycles. The number of carbonyl (C=O) groups is 1. The number of hydrogen-bond donors (Lipinski definition) is 0. The van der Waals surface area contributed by atoms with Crippen molar-refractivity contribution in [2.45, 2.75) is 5.16 Å². The van der Waals surface area contributed by atoms with Crippen LogP contribution in [0.15, 0.2) is 51.7 Å². The summed E-state index contributed by atoms with van der Waals surface area (Å²) < 4.78 is 7.95. The second-order valence-electron chi connectivity index (χ2n) is 4.50. The minimum absolute atomic E-state index is 0.0787. The zero-order chi connectivity index (χ0) is 16.2. The number of thioether (sulfide) groups is 1. The number of methoxy groups -OCH3 is 1. The van der Waals surface area contributed by atoms with E-state index in [9.17, 15) is 4.79 Å². The molecule has 2 aromatic heterocycles. The normalized spacial score (nSPS) is 10.7. The first-order valence-corrected chi connectivity index (χ1v) is 9.22. The minimum atomic E-state index is 0.0787. The maximum atomic E-state index is 12.2. The molecule has 23 heavy (non-hydrogen) atoms. The molecular weight excluding hydrogens is 398 g/mol. The average Bonchev–Trinajstić information content (AvgIpc) is 3.21. The molecular formula is C15H12BrN3O2S2. The van der Waals surface area contributed by atoms with Gasteiger partial charge in [0.2, 0.25) is 0 Å². The van der Waals surface area contributed by atoms with Gasteiger partial charge in [0.05, 0.1) is 21.5 Å². The molecule has 0 radical (unpaired) electrons. The predicted molar refractivity (Wildman–Crippen MR) is 95.0 cm³/mol. The summed E-state index contributed by atoms with van der Waals surface area (Å²) in [6.07, 6.45) is 1.64. The van der Waals surface area contributed by atoms with Gasteiger partial charge in [-0.1, -0.05) is 11.8 Å². The molecule has 3 rings (SSSR count).